The summed E-state index contributed by atoms with van der Waals surface area (Å²) in [7, 11) is 0. The zero-order chi connectivity index (χ0) is 29.1. The van der Waals surface area contributed by atoms with Crippen LogP contribution in [0.3, 0.4) is 0 Å². The number of hydrogen-bond donors (Lipinski definition) is 2. The lowest BCUT2D eigenvalue weighted by Gasteiger charge is -2.38. The van der Waals surface area contributed by atoms with Crippen LogP contribution in [0, 0.1) is 0 Å². The van der Waals surface area contributed by atoms with Crippen LogP contribution in [0.1, 0.15) is 69.8 Å². The first-order valence-electron chi connectivity index (χ1n) is 13.6. The lowest BCUT2D eigenvalue weighted by molar-refractivity contribution is -0.141. The third-order valence-electron chi connectivity index (χ3n) is 8.41. The maximum Gasteiger partial charge on any atom is 0.433 e. The number of halogens is 3. The number of aromatic nitrogens is 3. The molecule has 12 heteroatoms. The molecule has 2 aromatic heterocycles. The lowest BCUT2D eigenvalue weighted by atomic mass is 9.80. The molecule has 1 atom stereocenters. The van der Waals surface area contributed by atoms with Crippen molar-refractivity contribution in [3.8, 4) is 11.4 Å². The Hall–Kier alpha value is -4.35. The van der Waals surface area contributed by atoms with Crippen molar-refractivity contribution < 1.29 is 27.9 Å². The van der Waals surface area contributed by atoms with E-state index in [1.807, 2.05) is 12.1 Å². The summed E-state index contributed by atoms with van der Waals surface area (Å²) < 4.78 is 41.2. The average molecular weight is 567 g/mol. The Kier molecular flexibility index (Phi) is 6.50. The maximum absolute atomic E-state index is 13.8. The summed E-state index contributed by atoms with van der Waals surface area (Å²) in [5.41, 5.74) is 8.40. The Morgan fingerprint density at radius 3 is 2.54 bits per heavy atom. The largest absolute Gasteiger partial charge is 0.506 e. The number of nitrogen functional groups attached to an aromatic ring is 1. The highest BCUT2D eigenvalue weighted by Gasteiger charge is 2.41. The van der Waals surface area contributed by atoms with Gasteiger partial charge in [-0.2, -0.15) is 18.3 Å². The van der Waals surface area contributed by atoms with Crippen molar-refractivity contribution in [3.63, 3.8) is 0 Å². The molecule has 1 aromatic carbocycles. The number of hydrogen-bond acceptors (Lipinski definition) is 6. The number of phenolic OH excluding ortho intramolecular Hbond substituents is 1. The quantitative estimate of drug-likeness (QED) is 0.459. The summed E-state index contributed by atoms with van der Waals surface area (Å²) in [4.78, 5) is 32.9. The predicted octanol–water partition coefficient (Wildman–Crippen LogP) is 4.15. The van der Waals surface area contributed by atoms with Crippen molar-refractivity contribution in [1.29, 1.82) is 0 Å². The summed E-state index contributed by atoms with van der Waals surface area (Å²) in [6.45, 7) is 4.26. The fourth-order valence-corrected chi connectivity index (χ4v) is 6.05. The molecular formula is C29H29F3N6O3. The lowest BCUT2D eigenvalue weighted by Crippen LogP contribution is -2.46. The van der Waals surface area contributed by atoms with Crippen molar-refractivity contribution >= 4 is 17.6 Å². The molecule has 2 amide bonds. The van der Waals surface area contributed by atoms with Crippen molar-refractivity contribution in [2.24, 2.45) is 0 Å². The zero-order valence-corrected chi connectivity index (χ0v) is 22.2. The third kappa shape index (κ3) is 4.60. The van der Waals surface area contributed by atoms with Crippen molar-refractivity contribution in [2.45, 2.75) is 50.2 Å². The van der Waals surface area contributed by atoms with E-state index in [-0.39, 0.29) is 30.3 Å². The number of amides is 2. The number of aromatic hydroxyl groups is 1. The van der Waals surface area contributed by atoms with Crippen LogP contribution in [0.4, 0.5) is 19.0 Å². The summed E-state index contributed by atoms with van der Waals surface area (Å²) >= 11 is 0. The van der Waals surface area contributed by atoms with Gasteiger partial charge in [0.1, 0.15) is 22.9 Å². The molecule has 4 heterocycles. The van der Waals surface area contributed by atoms with Gasteiger partial charge in [-0.15, -0.1) is 0 Å². The van der Waals surface area contributed by atoms with E-state index >= 15 is 0 Å². The van der Waals surface area contributed by atoms with E-state index in [9.17, 15) is 27.9 Å². The van der Waals surface area contributed by atoms with E-state index in [0.29, 0.717) is 36.7 Å². The van der Waals surface area contributed by atoms with Crippen LogP contribution in [0.2, 0.25) is 0 Å². The molecule has 2 aliphatic heterocycles. The van der Waals surface area contributed by atoms with Crippen LogP contribution >= 0.6 is 0 Å². The van der Waals surface area contributed by atoms with Gasteiger partial charge in [-0.05, 0) is 54.7 Å². The van der Waals surface area contributed by atoms with Gasteiger partial charge in [0.15, 0.2) is 0 Å². The van der Waals surface area contributed by atoms with Crippen LogP contribution in [0.15, 0.2) is 43.0 Å². The molecular weight excluding hydrogens is 537 g/mol. The van der Waals surface area contributed by atoms with E-state index < -0.39 is 29.6 Å². The Labute approximate surface area is 234 Å². The fourth-order valence-electron chi connectivity index (χ4n) is 6.05. The number of nitrogens with zero attached hydrogens (tertiary/aromatic N) is 5. The van der Waals surface area contributed by atoms with E-state index in [0.717, 1.165) is 41.8 Å². The second-order valence-corrected chi connectivity index (χ2v) is 10.7. The number of alkyl halides is 3. The monoisotopic (exact) mass is 566 g/mol. The van der Waals surface area contributed by atoms with Crippen LogP contribution in [0.5, 0.6) is 5.75 Å². The number of nitrogens with two attached hydrogens (primary N) is 1. The second-order valence-electron chi connectivity index (χ2n) is 10.7. The smallest absolute Gasteiger partial charge is 0.433 e. The van der Waals surface area contributed by atoms with Gasteiger partial charge >= 0.3 is 6.18 Å². The zero-order valence-electron chi connectivity index (χ0n) is 22.2. The first-order chi connectivity index (χ1) is 19.6. The Bertz CT molecular complexity index is 1560. The van der Waals surface area contributed by atoms with E-state index in [2.05, 4.69) is 11.6 Å². The number of phenols is 1. The molecule has 9 nitrogen and oxygen atoms in total. The van der Waals surface area contributed by atoms with Gasteiger partial charge in [0, 0.05) is 38.0 Å². The third-order valence-corrected chi connectivity index (χ3v) is 8.41. The number of rotatable bonds is 4. The molecule has 1 unspecified atom stereocenters. The highest BCUT2D eigenvalue weighted by atomic mass is 19.4. The van der Waals surface area contributed by atoms with E-state index in [4.69, 9.17) is 10.8 Å². The molecule has 0 bridgehead atoms. The summed E-state index contributed by atoms with van der Waals surface area (Å²) in [6.07, 6.45) is 0.678. The van der Waals surface area contributed by atoms with Gasteiger partial charge < -0.3 is 20.6 Å². The van der Waals surface area contributed by atoms with Gasteiger partial charge in [0.2, 0.25) is 5.91 Å². The minimum atomic E-state index is -4.70. The average Bonchev–Trinajstić information content (AvgIpc) is 3.15. The van der Waals surface area contributed by atoms with Gasteiger partial charge in [-0.3, -0.25) is 9.59 Å². The molecule has 3 aliphatic rings. The highest BCUT2D eigenvalue weighted by molar-refractivity contribution is 5.99. The molecule has 1 saturated carbocycles. The molecule has 0 radical (unpaired) electrons. The molecule has 214 valence electrons. The molecule has 3 aromatic rings. The maximum atomic E-state index is 13.8. The first-order valence-corrected chi connectivity index (χ1v) is 13.6. The molecule has 0 spiro atoms. The van der Waals surface area contributed by atoms with Gasteiger partial charge in [0.05, 0.1) is 23.0 Å². The van der Waals surface area contributed by atoms with Crippen molar-refractivity contribution in [1.82, 2.24) is 24.6 Å². The standard InChI is InChI=1S/C29H29F3N6O3/c1-2-25(40)36-12-10-19-26-21(38(35-19)20-8-6-17(14-23(20)39)16-4-3-5-16)11-13-37(22(26)15-36)28(41)18-7-9-24(29(30,31)32)34-27(18)33/h2,6-9,14,16,22,39H,1,3-5,10-13,15H2,(H2,33,34). The fraction of sp³-hybridized carbons (Fsp3) is 0.379. The number of pyridine rings is 1. The van der Waals surface area contributed by atoms with Gasteiger partial charge in [-0.1, -0.05) is 19.1 Å². The highest BCUT2D eigenvalue weighted by Crippen LogP contribution is 2.41. The summed E-state index contributed by atoms with van der Waals surface area (Å²) in [6, 6.07) is 6.80. The minimum Gasteiger partial charge on any atom is -0.506 e. The topological polar surface area (TPSA) is 118 Å². The van der Waals surface area contributed by atoms with Crippen LogP contribution < -0.4 is 5.73 Å². The minimum absolute atomic E-state index is 0.116. The summed E-state index contributed by atoms with van der Waals surface area (Å²) in [5, 5.41) is 15.8. The number of anilines is 1. The van der Waals surface area contributed by atoms with Crippen LogP contribution in [-0.4, -0.2) is 61.1 Å². The van der Waals surface area contributed by atoms with Crippen LogP contribution in [-0.2, 0) is 23.8 Å². The van der Waals surface area contributed by atoms with E-state index in [1.54, 1.807) is 15.6 Å². The summed E-state index contributed by atoms with van der Waals surface area (Å²) in [5.74, 6) is -0.839. The van der Waals surface area contributed by atoms with Gasteiger partial charge in [0.25, 0.3) is 5.91 Å². The molecule has 3 N–H and O–H groups in total. The SMILES string of the molecule is C=CC(=O)N1CCc2nn(-c3ccc(C4CCC4)cc3O)c3c2C(C1)N(C(=O)c1ccc(C(F)(F)F)nc1N)CC3. The Balaban J connectivity index is 1.40. The Morgan fingerprint density at radius 1 is 1.12 bits per heavy atom. The molecule has 0 saturated heterocycles. The van der Waals surface area contributed by atoms with Crippen molar-refractivity contribution in [2.75, 3.05) is 25.4 Å². The molecule has 1 fully saturated rings. The Morgan fingerprint density at radius 2 is 1.90 bits per heavy atom. The number of carbonyl (C=O) groups excluding carboxylic acids is 2. The predicted molar refractivity (Wildman–Crippen MR) is 143 cm³/mol. The van der Waals surface area contributed by atoms with E-state index in [1.165, 1.54) is 17.4 Å². The normalized spacial score (nSPS) is 18.9. The number of carbonyl (C=O) groups is 2. The van der Waals surface area contributed by atoms with Gasteiger partial charge in [-0.25, -0.2) is 9.67 Å². The first kappa shape index (κ1) is 26.9. The number of benzene rings is 1. The van der Waals surface area contributed by atoms with Crippen molar-refractivity contribution in [3.05, 3.63) is 76.8 Å². The molecule has 6 rings (SSSR count). The molecule has 1 aliphatic carbocycles. The molecule has 41 heavy (non-hydrogen) atoms. The van der Waals surface area contributed by atoms with Crippen LogP contribution in [0.25, 0.3) is 5.69 Å². The second kappa shape index (κ2) is 9.93.